The van der Waals surface area contributed by atoms with E-state index < -0.39 is 0 Å². The number of ether oxygens (including phenoxy) is 1. The lowest BCUT2D eigenvalue weighted by atomic mass is 10.2. The van der Waals surface area contributed by atoms with Crippen LogP contribution in [0.5, 0.6) is 5.75 Å². The highest BCUT2D eigenvalue weighted by atomic mass is 79.9. The van der Waals surface area contributed by atoms with E-state index in [0.717, 1.165) is 4.47 Å². The Hall–Kier alpha value is -1.95. The second-order valence-corrected chi connectivity index (χ2v) is 4.54. The van der Waals surface area contributed by atoms with E-state index in [0.29, 0.717) is 23.7 Å². The van der Waals surface area contributed by atoms with E-state index in [4.69, 9.17) is 4.74 Å². The normalized spacial score (nSPS) is 10.0. The van der Waals surface area contributed by atoms with E-state index in [1.807, 2.05) is 6.92 Å². The molecular formula is C13H12BrN3O2. The highest BCUT2D eigenvalue weighted by molar-refractivity contribution is 9.10. The smallest absolute Gasteiger partial charge is 0.258 e. The summed E-state index contributed by atoms with van der Waals surface area (Å²) in [6.07, 6.45) is 4.70. The number of pyridine rings is 2. The van der Waals surface area contributed by atoms with Crippen molar-refractivity contribution in [2.75, 3.05) is 11.9 Å². The molecular weight excluding hydrogens is 310 g/mol. The lowest BCUT2D eigenvalue weighted by Crippen LogP contribution is -2.14. The van der Waals surface area contributed by atoms with Crippen LogP contribution in [-0.2, 0) is 0 Å². The first-order valence-corrected chi connectivity index (χ1v) is 6.49. The Morgan fingerprint density at radius 2 is 2.32 bits per heavy atom. The van der Waals surface area contributed by atoms with E-state index in [-0.39, 0.29) is 5.91 Å². The van der Waals surface area contributed by atoms with E-state index >= 15 is 0 Å². The number of anilines is 1. The molecule has 1 amide bonds. The summed E-state index contributed by atoms with van der Waals surface area (Å²) in [4.78, 5) is 20.1. The van der Waals surface area contributed by atoms with Crippen LogP contribution < -0.4 is 10.1 Å². The monoisotopic (exact) mass is 321 g/mol. The standard InChI is InChI=1S/C13H12BrN3O2/c1-2-19-11-4-3-5-16-12(11)17-13(18)9-6-10(14)8-15-7-9/h3-8H,2H2,1H3,(H,16,17,18). The minimum Gasteiger partial charge on any atom is -0.490 e. The molecule has 0 aromatic carbocycles. The highest BCUT2D eigenvalue weighted by Crippen LogP contribution is 2.21. The summed E-state index contributed by atoms with van der Waals surface area (Å²) in [5.41, 5.74) is 0.447. The third-order valence-corrected chi connectivity index (χ3v) is 2.70. The Kier molecular flexibility index (Phi) is 4.46. The number of hydrogen-bond acceptors (Lipinski definition) is 4. The summed E-state index contributed by atoms with van der Waals surface area (Å²) in [5.74, 6) is 0.657. The van der Waals surface area contributed by atoms with Gasteiger partial charge in [-0.15, -0.1) is 0 Å². The summed E-state index contributed by atoms with van der Waals surface area (Å²) in [6.45, 7) is 2.38. The van der Waals surface area contributed by atoms with E-state index in [9.17, 15) is 4.79 Å². The molecule has 0 atom stereocenters. The molecule has 0 aliphatic heterocycles. The summed E-state index contributed by atoms with van der Waals surface area (Å²) < 4.78 is 6.14. The van der Waals surface area contributed by atoms with Gasteiger partial charge in [0.05, 0.1) is 12.2 Å². The number of carbonyl (C=O) groups excluding carboxylic acids is 1. The van der Waals surface area contributed by atoms with Crippen molar-refractivity contribution >= 4 is 27.7 Å². The van der Waals surface area contributed by atoms with Crippen molar-refractivity contribution in [3.63, 3.8) is 0 Å². The van der Waals surface area contributed by atoms with E-state index in [1.54, 1.807) is 30.6 Å². The molecule has 0 bridgehead atoms. The molecule has 0 radical (unpaired) electrons. The minimum absolute atomic E-state index is 0.284. The molecule has 0 unspecified atom stereocenters. The van der Waals surface area contributed by atoms with Crippen molar-refractivity contribution in [2.24, 2.45) is 0 Å². The van der Waals surface area contributed by atoms with Crippen molar-refractivity contribution in [2.45, 2.75) is 6.92 Å². The Balaban J connectivity index is 2.19. The fraction of sp³-hybridized carbons (Fsp3) is 0.154. The van der Waals surface area contributed by atoms with Crippen LogP contribution in [0.2, 0.25) is 0 Å². The second kappa shape index (κ2) is 6.29. The molecule has 0 aliphatic rings. The highest BCUT2D eigenvalue weighted by Gasteiger charge is 2.11. The topological polar surface area (TPSA) is 64.1 Å². The molecule has 5 nitrogen and oxygen atoms in total. The summed E-state index contributed by atoms with van der Waals surface area (Å²) in [6, 6.07) is 5.19. The summed E-state index contributed by atoms with van der Waals surface area (Å²) >= 11 is 3.27. The number of carbonyl (C=O) groups is 1. The van der Waals surface area contributed by atoms with Gasteiger partial charge in [-0.25, -0.2) is 4.98 Å². The lowest BCUT2D eigenvalue weighted by molar-refractivity contribution is 0.102. The second-order valence-electron chi connectivity index (χ2n) is 3.63. The van der Waals surface area contributed by atoms with Crippen LogP contribution in [0.4, 0.5) is 5.82 Å². The predicted molar refractivity (Wildman–Crippen MR) is 75.3 cm³/mol. The van der Waals surface area contributed by atoms with Gasteiger partial charge in [-0.1, -0.05) is 0 Å². The molecule has 2 aromatic heterocycles. The number of hydrogen-bond donors (Lipinski definition) is 1. The Labute approximate surface area is 119 Å². The molecule has 0 spiro atoms. The van der Waals surface area contributed by atoms with Crippen molar-refractivity contribution in [1.29, 1.82) is 0 Å². The molecule has 2 heterocycles. The molecule has 0 aliphatic carbocycles. The van der Waals surface area contributed by atoms with Crippen LogP contribution >= 0.6 is 15.9 Å². The lowest BCUT2D eigenvalue weighted by Gasteiger charge is -2.09. The molecule has 0 fully saturated rings. The van der Waals surface area contributed by atoms with Gasteiger partial charge >= 0.3 is 0 Å². The fourth-order valence-electron chi connectivity index (χ4n) is 1.47. The van der Waals surface area contributed by atoms with Gasteiger partial charge in [0.2, 0.25) is 0 Å². The zero-order valence-corrected chi connectivity index (χ0v) is 11.8. The van der Waals surface area contributed by atoms with Crippen molar-refractivity contribution in [3.05, 3.63) is 46.8 Å². The molecule has 19 heavy (non-hydrogen) atoms. The zero-order chi connectivity index (χ0) is 13.7. The molecule has 98 valence electrons. The summed E-state index contributed by atoms with van der Waals surface area (Å²) in [5, 5.41) is 2.70. The molecule has 2 rings (SSSR count). The van der Waals surface area contributed by atoms with E-state index in [1.165, 1.54) is 6.20 Å². The first kappa shape index (κ1) is 13.5. The van der Waals surface area contributed by atoms with Crippen molar-refractivity contribution in [1.82, 2.24) is 9.97 Å². The number of nitrogens with zero attached hydrogens (tertiary/aromatic N) is 2. The Morgan fingerprint density at radius 3 is 3.05 bits per heavy atom. The van der Waals surface area contributed by atoms with Gasteiger partial charge in [-0.2, -0.15) is 0 Å². The van der Waals surface area contributed by atoms with E-state index in [2.05, 4.69) is 31.2 Å². The average molecular weight is 322 g/mol. The number of amides is 1. The van der Waals surface area contributed by atoms with Crippen LogP contribution in [0.15, 0.2) is 41.3 Å². The third kappa shape index (κ3) is 3.51. The first-order valence-electron chi connectivity index (χ1n) is 5.70. The SMILES string of the molecule is CCOc1cccnc1NC(=O)c1cncc(Br)c1. The van der Waals surface area contributed by atoms with Gasteiger partial charge in [0.15, 0.2) is 11.6 Å². The first-order chi connectivity index (χ1) is 9.20. The quantitative estimate of drug-likeness (QED) is 0.940. The largest absolute Gasteiger partial charge is 0.490 e. The van der Waals surface area contributed by atoms with Gasteiger partial charge in [-0.3, -0.25) is 9.78 Å². The number of aromatic nitrogens is 2. The third-order valence-electron chi connectivity index (χ3n) is 2.27. The van der Waals surface area contributed by atoms with Crippen molar-refractivity contribution < 1.29 is 9.53 Å². The minimum atomic E-state index is -0.284. The molecule has 2 aromatic rings. The predicted octanol–water partition coefficient (Wildman–Crippen LogP) is 2.89. The van der Waals surface area contributed by atoms with Crippen LogP contribution in [0, 0.1) is 0 Å². The fourth-order valence-corrected chi connectivity index (χ4v) is 1.84. The van der Waals surface area contributed by atoms with Crippen molar-refractivity contribution in [3.8, 4) is 5.75 Å². The zero-order valence-electron chi connectivity index (χ0n) is 10.3. The van der Waals surface area contributed by atoms with Gasteiger partial charge < -0.3 is 10.1 Å². The van der Waals surface area contributed by atoms with Gasteiger partial charge in [0.25, 0.3) is 5.91 Å². The van der Waals surface area contributed by atoms with Crippen LogP contribution in [0.1, 0.15) is 17.3 Å². The maximum Gasteiger partial charge on any atom is 0.258 e. The summed E-state index contributed by atoms with van der Waals surface area (Å²) in [7, 11) is 0. The Morgan fingerprint density at radius 1 is 1.47 bits per heavy atom. The van der Waals surface area contributed by atoms with Gasteiger partial charge in [0.1, 0.15) is 0 Å². The Bertz CT molecular complexity index is 590. The molecule has 1 N–H and O–H groups in total. The van der Waals surface area contributed by atoms with Crippen LogP contribution in [0.3, 0.4) is 0 Å². The number of rotatable bonds is 4. The van der Waals surface area contributed by atoms with Crippen LogP contribution in [0.25, 0.3) is 0 Å². The molecule has 0 saturated carbocycles. The maximum absolute atomic E-state index is 12.1. The number of nitrogens with one attached hydrogen (secondary N) is 1. The van der Waals surface area contributed by atoms with Gasteiger partial charge in [-0.05, 0) is 41.1 Å². The number of halogens is 1. The molecule has 0 saturated heterocycles. The molecule has 6 heteroatoms. The average Bonchev–Trinajstić information content (AvgIpc) is 2.41. The van der Waals surface area contributed by atoms with Crippen LogP contribution in [-0.4, -0.2) is 22.5 Å². The van der Waals surface area contributed by atoms with Gasteiger partial charge in [0, 0.05) is 23.1 Å². The maximum atomic E-state index is 12.1.